The molecule has 0 unspecified atom stereocenters. The molecule has 1 N–H and O–H groups in total. The van der Waals surface area contributed by atoms with Crippen LogP contribution in [0.4, 0.5) is 5.95 Å². The lowest BCUT2D eigenvalue weighted by molar-refractivity contribution is 0.606. The second-order valence-corrected chi connectivity index (χ2v) is 7.96. The lowest BCUT2D eigenvalue weighted by Crippen LogP contribution is -2.20. The fraction of sp³-hybridized carbons (Fsp3) is 0.0500. The van der Waals surface area contributed by atoms with Gasteiger partial charge in [0.15, 0.2) is 5.65 Å². The molecule has 0 saturated carbocycles. The number of hydrogen-bond acceptors (Lipinski definition) is 5. The van der Waals surface area contributed by atoms with Crippen molar-refractivity contribution in [1.29, 1.82) is 0 Å². The number of benzene rings is 2. The van der Waals surface area contributed by atoms with Crippen molar-refractivity contribution in [3.05, 3.63) is 83.2 Å². The molecule has 0 aliphatic heterocycles. The highest BCUT2D eigenvalue weighted by Crippen LogP contribution is 2.27. The van der Waals surface area contributed by atoms with Gasteiger partial charge in [-0.1, -0.05) is 48.5 Å². The predicted molar refractivity (Wildman–Crippen MR) is 109 cm³/mol. The highest BCUT2D eigenvalue weighted by molar-refractivity contribution is 7.91. The summed E-state index contributed by atoms with van der Waals surface area (Å²) in [5.74, 6) is -0.0934. The van der Waals surface area contributed by atoms with Crippen LogP contribution in [0.25, 0.3) is 28.0 Å². The fourth-order valence-electron chi connectivity index (χ4n) is 2.97. The van der Waals surface area contributed by atoms with Crippen molar-refractivity contribution in [3.63, 3.8) is 0 Å². The molecule has 2 heterocycles. The van der Waals surface area contributed by atoms with Crippen LogP contribution < -0.4 is 10.3 Å². The number of para-hydroxylation sites is 1. The first-order valence-corrected chi connectivity index (χ1v) is 10.3. The topological polar surface area (TPSA) is 94.0 Å². The lowest BCUT2D eigenvalue weighted by Gasteiger charge is -2.14. The number of anilines is 1. The summed E-state index contributed by atoms with van der Waals surface area (Å²) in [5.41, 5.74) is 1.98. The molecule has 0 amide bonds. The Bertz CT molecular complexity index is 1320. The van der Waals surface area contributed by atoms with Gasteiger partial charge in [-0.15, -0.1) is 0 Å². The quantitative estimate of drug-likeness (QED) is 0.576. The standard InChI is InChI=1S/C20H16N4O3S/c1-28(26,27)23-20-21-18(14-8-4-2-5-9-14)16-12-13-17(25)24(19(16)22-20)15-10-6-3-7-11-15/h2-13H,1H3,(H,21,22,23). The fourth-order valence-corrected chi connectivity index (χ4v) is 3.39. The van der Waals surface area contributed by atoms with E-state index >= 15 is 0 Å². The Morgan fingerprint density at radius 1 is 0.857 bits per heavy atom. The minimum atomic E-state index is -3.59. The zero-order valence-corrected chi connectivity index (χ0v) is 15.7. The number of fused-ring (bicyclic) bond motifs is 1. The van der Waals surface area contributed by atoms with Crippen molar-refractivity contribution in [2.75, 3.05) is 11.0 Å². The zero-order chi connectivity index (χ0) is 19.7. The smallest absolute Gasteiger partial charge is 0.256 e. The van der Waals surface area contributed by atoms with Crippen molar-refractivity contribution in [2.24, 2.45) is 0 Å². The van der Waals surface area contributed by atoms with Crippen LogP contribution in [0.15, 0.2) is 77.6 Å². The summed E-state index contributed by atoms with van der Waals surface area (Å²) >= 11 is 0. The van der Waals surface area contributed by atoms with Crippen LogP contribution in [0.2, 0.25) is 0 Å². The average Bonchev–Trinajstić information content (AvgIpc) is 2.67. The minimum Gasteiger partial charge on any atom is -0.269 e. The first kappa shape index (κ1) is 17.9. The minimum absolute atomic E-state index is 0.0934. The molecule has 0 aliphatic rings. The van der Waals surface area contributed by atoms with Gasteiger partial charge >= 0.3 is 0 Å². The van der Waals surface area contributed by atoms with Gasteiger partial charge in [0, 0.05) is 17.0 Å². The van der Waals surface area contributed by atoms with Crippen LogP contribution in [0.3, 0.4) is 0 Å². The Morgan fingerprint density at radius 2 is 1.50 bits per heavy atom. The van der Waals surface area contributed by atoms with Crippen molar-refractivity contribution in [2.45, 2.75) is 0 Å². The van der Waals surface area contributed by atoms with E-state index in [0.29, 0.717) is 22.4 Å². The first-order valence-electron chi connectivity index (χ1n) is 8.45. The summed E-state index contributed by atoms with van der Waals surface area (Å²) in [6.07, 6.45) is 1.03. The van der Waals surface area contributed by atoms with Crippen LogP contribution >= 0.6 is 0 Å². The van der Waals surface area contributed by atoms with E-state index in [-0.39, 0.29) is 11.5 Å². The van der Waals surface area contributed by atoms with Gasteiger partial charge in [0.2, 0.25) is 16.0 Å². The summed E-state index contributed by atoms with van der Waals surface area (Å²) in [6.45, 7) is 0. The highest BCUT2D eigenvalue weighted by Gasteiger charge is 2.16. The largest absolute Gasteiger partial charge is 0.269 e. The van der Waals surface area contributed by atoms with Gasteiger partial charge in [0.1, 0.15) is 0 Å². The van der Waals surface area contributed by atoms with Crippen LogP contribution in [-0.4, -0.2) is 29.2 Å². The normalized spacial score (nSPS) is 11.5. The van der Waals surface area contributed by atoms with E-state index < -0.39 is 10.0 Å². The van der Waals surface area contributed by atoms with Crippen molar-refractivity contribution >= 4 is 27.0 Å². The second kappa shape index (κ2) is 6.90. The van der Waals surface area contributed by atoms with Gasteiger partial charge in [0.05, 0.1) is 17.6 Å². The molecule has 28 heavy (non-hydrogen) atoms. The summed E-state index contributed by atoms with van der Waals surface area (Å²) < 4.78 is 27.3. The average molecular weight is 392 g/mol. The second-order valence-electron chi connectivity index (χ2n) is 6.22. The molecular formula is C20H16N4O3S. The molecule has 8 heteroatoms. The number of pyridine rings is 1. The van der Waals surface area contributed by atoms with Gasteiger partial charge < -0.3 is 0 Å². The van der Waals surface area contributed by atoms with E-state index in [2.05, 4.69) is 14.7 Å². The summed E-state index contributed by atoms with van der Waals surface area (Å²) in [6, 6.07) is 21.5. The molecule has 7 nitrogen and oxygen atoms in total. The van der Waals surface area contributed by atoms with E-state index in [1.807, 2.05) is 48.5 Å². The third-order valence-corrected chi connectivity index (χ3v) is 4.64. The zero-order valence-electron chi connectivity index (χ0n) is 14.9. The van der Waals surface area contributed by atoms with E-state index in [4.69, 9.17) is 0 Å². The Morgan fingerprint density at radius 3 is 2.14 bits per heavy atom. The molecule has 2 aromatic carbocycles. The monoisotopic (exact) mass is 392 g/mol. The van der Waals surface area contributed by atoms with Crippen molar-refractivity contribution in [3.8, 4) is 16.9 Å². The Labute approximate surface area is 161 Å². The van der Waals surface area contributed by atoms with E-state index in [1.165, 1.54) is 10.6 Å². The van der Waals surface area contributed by atoms with Gasteiger partial charge in [-0.2, -0.15) is 4.98 Å². The number of aromatic nitrogens is 3. The van der Waals surface area contributed by atoms with E-state index in [0.717, 1.165) is 11.8 Å². The molecule has 0 radical (unpaired) electrons. The first-order chi connectivity index (χ1) is 13.4. The Kier molecular flexibility index (Phi) is 4.40. The molecular weight excluding hydrogens is 376 g/mol. The third kappa shape index (κ3) is 3.49. The number of nitrogens with zero attached hydrogens (tertiary/aromatic N) is 3. The molecule has 4 aromatic rings. The number of rotatable bonds is 4. The van der Waals surface area contributed by atoms with Crippen LogP contribution in [0, 0.1) is 0 Å². The van der Waals surface area contributed by atoms with Crippen LogP contribution in [0.5, 0.6) is 0 Å². The molecule has 0 saturated heterocycles. The SMILES string of the molecule is CS(=O)(=O)Nc1nc(-c2ccccc2)c2ccc(=O)n(-c3ccccc3)c2n1. The number of hydrogen-bond donors (Lipinski definition) is 1. The lowest BCUT2D eigenvalue weighted by atomic mass is 10.1. The molecule has 0 bridgehead atoms. The number of nitrogens with one attached hydrogen (secondary N) is 1. The maximum atomic E-state index is 12.6. The van der Waals surface area contributed by atoms with E-state index in [1.54, 1.807) is 18.2 Å². The van der Waals surface area contributed by atoms with Gasteiger partial charge in [-0.25, -0.2) is 13.4 Å². The van der Waals surface area contributed by atoms with Crippen LogP contribution in [-0.2, 0) is 10.0 Å². The van der Waals surface area contributed by atoms with Crippen molar-refractivity contribution < 1.29 is 8.42 Å². The maximum absolute atomic E-state index is 12.6. The van der Waals surface area contributed by atoms with Gasteiger partial charge in [-0.3, -0.25) is 14.1 Å². The Balaban J connectivity index is 2.10. The van der Waals surface area contributed by atoms with E-state index in [9.17, 15) is 13.2 Å². The molecule has 140 valence electrons. The van der Waals surface area contributed by atoms with Crippen molar-refractivity contribution in [1.82, 2.24) is 14.5 Å². The maximum Gasteiger partial charge on any atom is 0.256 e. The van der Waals surface area contributed by atoms with Gasteiger partial charge in [-0.05, 0) is 18.2 Å². The van der Waals surface area contributed by atoms with Gasteiger partial charge in [0.25, 0.3) is 5.56 Å². The summed E-state index contributed by atoms with van der Waals surface area (Å²) in [4.78, 5) is 21.4. The Hall–Kier alpha value is -3.52. The van der Waals surface area contributed by atoms with Crippen LogP contribution in [0.1, 0.15) is 0 Å². The molecule has 0 aliphatic carbocycles. The molecule has 0 atom stereocenters. The predicted octanol–water partition coefficient (Wildman–Crippen LogP) is 2.82. The summed E-state index contributed by atoms with van der Waals surface area (Å²) in [5, 5.41) is 0.633. The summed E-state index contributed by atoms with van der Waals surface area (Å²) in [7, 11) is -3.59. The molecule has 4 rings (SSSR count). The molecule has 0 fully saturated rings. The highest BCUT2D eigenvalue weighted by atomic mass is 32.2. The molecule has 2 aromatic heterocycles. The number of sulfonamides is 1. The molecule has 0 spiro atoms. The third-order valence-electron chi connectivity index (χ3n) is 4.09.